The van der Waals surface area contributed by atoms with Gasteiger partial charge in [0.25, 0.3) is 0 Å². The van der Waals surface area contributed by atoms with Crippen molar-refractivity contribution in [1.82, 2.24) is 0 Å². The van der Waals surface area contributed by atoms with E-state index in [1.807, 2.05) is 0 Å². The van der Waals surface area contributed by atoms with Crippen LogP contribution in [0.4, 0.5) is 0 Å². The molecule has 0 heterocycles. The van der Waals surface area contributed by atoms with Crippen molar-refractivity contribution in [2.45, 2.75) is 0 Å². The Bertz CT molecular complexity index is 96.2. The summed E-state index contributed by atoms with van der Waals surface area (Å²) in [5.41, 5.74) is 0. The summed E-state index contributed by atoms with van der Waals surface area (Å²) in [6, 6.07) is 0. The number of hydrogen-bond donors (Lipinski definition) is 1. The Kier molecular flexibility index (Phi) is 2.61. The van der Waals surface area contributed by atoms with Gasteiger partial charge in [0, 0.05) is 0 Å². The molecule has 0 rings (SSSR count). The normalized spacial score (nSPS) is 6.00. The van der Waals surface area contributed by atoms with Crippen molar-refractivity contribution in [3.8, 4) is 0 Å². The Morgan fingerprint density at radius 1 is 2.00 bits per heavy atom. The van der Waals surface area contributed by atoms with Crippen molar-refractivity contribution in [1.29, 1.82) is 0 Å². The molecule has 0 bridgehead atoms. The molecule has 0 spiro atoms. The Labute approximate surface area is 30.8 Å². The molecular formula is HMoO2P. The molecule has 2 nitrogen and oxygen atoms in total. The van der Waals surface area contributed by atoms with E-state index in [4.69, 9.17) is 7.16 Å². The van der Waals surface area contributed by atoms with E-state index in [0.29, 0.717) is 0 Å². The molecule has 0 atom stereocenters. The Morgan fingerprint density at radius 3 is 2.00 bits per heavy atom. The van der Waals surface area contributed by atoms with Crippen LogP contribution in [0.2, 0.25) is 0 Å². The van der Waals surface area contributed by atoms with E-state index in [2.05, 4.69) is 6.65 Å². The molecule has 0 amide bonds. The molecule has 0 aromatic carbocycles. The van der Waals surface area contributed by atoms with Gasteiger partial charge in [0.05, 0.1) is 0 Å². The first-order valence-electron chi connectivity index (χ1n) is 0.532. The van der Waals surface area contributed by atoms with Crippen LogP contribution in [0.3, 0.4) is 0 Å². The molecule has 0 saturated carbocycles. The van der Waals surface area contributed by atoms with E-state index < -0.39 is 16.4 Å². The van der Waals surface area contributed by atoms with Crippen molar-refractivity contribution in [2.24, 2.45) is 0 Å². The summed E-state index contributed by atoms with van der Waals surface area (Å²) in [5, 5.41) is 0. The minimum absolute atomic E-state index is 2.91. The first kappa shape index (κ1) is 4.88. The third kappa shape index (κ3) is 13.2. The zero-order valence-electron chi connectivity index (χ0n) is 1.71. The van der Waals surface area contributed by atoms with Crippen LogP contribution in [0.25, 0.3) is 0 Å². The van der Waals surface area contributed by atoms with Crippen LogP contribution in [0.15, 0.2) is 0 Å². The second-order valence-electron chi connectivity index (χ2n) is 0.231. The van der Waals surface area contributed by atoms with Crippen molar-refractivity contribution in [3.05, 3.63) is 0 Å². The second-order valence-corrected chi connectivity index (χ2v) is 3.21. The van der Waals surface area contributed by atoms with Crippen molar-refractivity contribution in [3.63, 3.8) is 0 Å². The van der Waals surface area contributed by atoms with Gasteiger partial charge in [0.15, 0.2) is 0 Å². The molecule has 0 aromatic heterocycles. The van der Waals surface area contributed by atoms with Gasteiger partial charge in [-0.05, 0) is 0 Å². The Balaban J connectivity index is 3.85. The fraction of sp³-hybridized carbons (Fsp3) is 0. The summed E-state index contributed by atoms with van der Waals surface area (Å²) in [5.74, 6) is 0. The monoisotopic (exact) mass is 162 g/mol. The molecule has 0 fully saturated rings. The second kappa shape index (κ2) is 2.14. The summed E-state index contributed by atoms with van der Waals surface area (Å²) in [4.78, 5) is 0. The van der Waals surface area contributed by atoms with Crippen LogP contribution in [-0.2, 0) is 19.8 Å². The van der Waals surface area contributed by atoms with Crippen LogP contribution in [0, 0.1) is 0 Å². The molecule has 0 aromatic rings. The predicted octanol–water partition coefficient (Wildman–Crippen LogP) is 0.183. The van der Waals surface area contributed by atoms with Gasteiger partial charge in [-0.2, -0.15) is 0 Å². The average Bonchev–Trinajstić information content (AvgIpc) is 0.811. The van der Waals surface area contributed by atoms with Gasteiger partial charge in [-0.3, -0.25) is 0 Å². The Hall–Kier alpha value is 0.878. The Morgan fingerprint density at radius 2 is 2.00 bits per heavy atom. The quantitative estimate of drug-likeness (QED) is 0.405. The molecule has 0 aliphatic heterocycles. The molecule has 1 N–H and O–H groups in total. The van der Waals surface area contributed by atoms with Crippen LogP contribution in [0.1, 0.15) is 0 Å². The zero-order valence-corrected chi connectivity index (χ0v) is 4.61. The van der Waals surface area contributed by atoms with Crippen molar-refractivity contribution in [2.75, 3.05) is 0 Å². The zero-order chi connectivity index (χ0) is 3.58. The van der Waals surface area contributed by atoms with Gasteiger partial charge < -0.3 is 0 Å². The van der Waals surface area contributed by atoms with Gasteiger partial charge in [0.1, 0.15) is 0 Å². The van der Waals surface area contributed by atoms with E-state index >= 15 is 0 Å². The molecular weight excluding hydrogens is 159 g/mol. The van der Waals surface area contributed by atoms with E-state index in [1.54, 1.807) is 0 Å². The van der Waals surface area contributed by atoms with Crippen LogP contribution < -0.4 is 0 Å². The molecule has 0 unspecified atom stereocenters. The average molecular weight is 160 g/mol. The van der Waals surface area contributed by atoms with Gasteiger partial charge in [-0.25, -0.2) is 0 Å². The molecule has 4 heavy (non-hydrogen) atoms. The fourth-order valence-corrected chi connectivity index (χ4v) is 0. The van der Waals surface area contributed by atoms with Crippen molar-refractivity contribution >= 4 is 6.65 Å². The SMILES string of the molecule is [O]=[Mo]([OH])#[P]. The summed E-state index contributed by atoms with van der Waals surface area (Å²) in [7, 11) is 0. The van der Waals surface area contributed by atoms with Crippen molar-refractivity contribution < 1.29 is 23.6 Å². The third-order valence-electron chi connectivity index (χ3n) is 0. The molecule has 0 aliphatic carbocycles. The van der Waals surface area contributed by atoms with E-state index in [0.717, 1.165) is 0 Å². The van der Waals surface area contributed by atoms with Gasteiger partial charge in [0.2, 0.25) is 0 Å². The van der Waals surface area contributed by atoms with Gasteiger partial charge >= 0.3 is 30.2 Å². The van der Waals surface area contributed by atoms with E-state index in [1.165, 1.54) is 0 Å². The predicted molar refractivity (Wildman–Crippen MR) is 9.83 cm³/mol. The molecule has 4 heteroatoms. The number of rotatable bonds is 0. The standard InChI is InChI=1S/Mo.H2O.O.P/h;1H2;;/q+1;;;/p-1. The summed E-state index contributed by atoms with van der Waals surface area (Å²) in [6.07, 6.45) is 0. The van der Waals surface area contributed by atoms with E-state index in [-0.39, 0.29) is 0 Å². The first-order chi connectivity index (χ1) is 1.73. The fourth-order valence-electron chi connectivity index (χ4n) is 0. The topological polar surface area (TPSA) is 37.3 Å². The van der Waals surface area contributed by atoms with E-state index in [9.17, 15) is 0 Å². The maximum atomic E-state index is 9.12. The minimum atomic E-state index is -2.91. The molecule has 0 radical (unpaired) electrons. The maximum absolute atomic E-state index is 9.12. The molecule has 0 aliphatic rings. The molecule has 24 valence electrons. The van der Waals surface area contributed by atoms with Gasteiger partial charge in [-0.15, -0.1) is 0 Å². The molecule has 0 saturated heterocycles. The summed E-state index contributed by atoms with van der Waals surface area (Å²) < 4.78 is 16.7. The number of hydrogen-bond acceptors (Lipinski definition) is 1. The first-order valence-corrected chi connectivity index (χ1v) is 5.31. The van der Waals surface area contributed by atoms with Crippen LogP contribution in [0.5, 0.6) is 0 Å². The third-order valence-corrected chi connectivity index (χ3v) is 0. The van der Waals surface area contributed by atoms with Crippen LogP contribution in [-0.4, -0.2) is 3.76 Å². The van der Waals surface area contributed by atoms with Gasteiger partial charge in [-0.1, -0.05) is 0 Å². The van der Waals surface area contributed by atoms with Crippen LogP contribution >= 0.6 is 6.65 Å². The summed E-state index contributed by atoms with van der Waals surface area (Å²) in [6.45, 7) is 3.14. The summed E-state index contributed by atoms with van der Waals surface area (Å²) >= 11 is -2.91.